The first-order valence-corrected chi connectivity index (χ1v) is 9.79. The van der Waals surface area contributed by atoms with E-state index in [1.165, 1.54) is 12.1 Å². The molecule has 152 valence electrons. The summed E-state index contributed by atoms with van der Waals surface area (Å²) >= 11 is 11.9. The van der Waals surface area contributed by atoms with Gasteiger partial charge in [-0.3, -0.25) is 19.3 Å². The van der Waals surface area contributed by atoms with Crippen molar-refractivity contribution >= 4 is 46.6 Å². The zero-order chi connectivity index (χ0) is 21.6. The summed E-state index contributed by atoms with van der Waals surface area (Å²) in [6, 6.07) is 11.8. The van der Waals surface area contributed by atoms with E-state index in [9.17, 15) is 14.4 Å². The van der Waals surface area contributed by atoms with Crippen molar-refractivity contribution < 1.29 is 14.4 Å². The van der Waals surface area contributed by atoms with Crippen LogP contribution >= 0.6 is 23.2 Å². The van der Waals surface area contributed by atoms with Gasteiger partial charge in [-0.15, -0.1) is 0 Å². The molecule has 0 atom stereocenters. The second-order valence-electron chi connectivity index (χ2n) is 6.91. The third-order valence-electron chi connectivity index (χ3n) is 4.73. The number of anilines is 1. The highest BCUT2D eigenvalue weighted by Gasteiger charge is 2.37. The van der Waals surface area contributed by atoms with E-state index in [0.29, 0.717) is 11.4 Å². The number of nitrogens with zero attached hydrogens (tertiary/aromatic N) is 3. The molecule has 0 unspecified atom stereocenters. The lowest BCUT2D eigenvalue weighted by atomic mass is 10.1. The molecule has 1 aromatic heterocycles. The van der Waals surface area contributed by atoms with Crippen molar-refractivity contribution in [2.24, 2.45) is 0 Å². The maximum absolute atomic E-state index is 12.7. The third-order valence-corrected chi connectivity index (χ3v) is 5.45. The molecule has 3 amide bonds. The van der Waals surface area contributed by atoms with Gasteiger partial charge in [-0.25, -0.2) is 4.68 Å². The Kier molecular flexibility index (Phi) is 5.09. The average molecular weight is 443 g/mol. The van der Waals surface area contributed by atoms with Crippen molar-refractivity contribution in [2.75, 3.05) is 11.9 Å². The molecule has 0 aliphatic carbocycles. The highest BCUT2D eigenvalue weighted by molar-refractivity contribution is 6.43. The number of carbonyl (C=O) groups is 3. The molecule has 0 saturated carbocycles. The number of amides is 3. The number of aryl methyl sites for hydroxylation is 2. The molecular weight excluding hydrogens is 427 g/mol. The first kappa shape index (κ1) is 20.1. The number of imide groups is 1. The largest absolute Gasteiger partial charge is 0.323 e. The zero-order valence-electron chi connectivity index (χ0n) is 16.1. The van der Waals surface area contributed by atoms with Gasteiger partial charge < -0.3 is 5.32 Å². The van der Waals surface area contributed by atoms with E-state index in [0.717, 1.165) is 16.3 Å². The SMILES string of the molecule is Cc1cc(C)n(-c2ccccc2NC(=O)CN2C(=O)c3cc(Cl)c(Cl)cc3C2=O)n1. The number of aromatic nitrogens is 2. The van der Waals surface area contributed by atoms with Gasteiger partial charge in [0.1, 0.15) is 6.54 Å². The number of halogens is 2. The molecule has 9 heteroatoms. The van der Waals surface area contributed by atoms with Gasteiger partial charge in [-0.05, 0) is 44.2 Å². The lowest BCUT2D eigenvalue weighted by Gasteiger charge is -2.16. The van der Waals surface area contributed by atoms with Crippen molar-refractivity contribution in [1.82, 2.24) is 14.7 Å². The predicted molar refractivity (Wildman–Crippen MR) is 113 cm³/mol. The van der Waals surface area contributed by atoms with E-state index in [1.54, 1.807) is 16.8 Å². The van der Waals surface area contributed by atoms with Crippen molar-refractivity contribution in [3.63, 3.8) is 0 Å². The number of hydrogen-bond donors (Lipinski definition) is 1. The third kappa shape index (κ3) is 3.46. The van der Waals surface area contributed by atoms with Crippen LogP contribution in [0, 0.1) is 13.8 Å². The quantitative estimate of drug-likeness (QED) is 0.618. The molecule has 0 bridgehead atoms. The number of hydrogen-bond acceptors (Lipinski definition) is 4. The minimum atomic E-state index is -0.587. The highest BCUT2D eigenvalue weighted by atomic mass is 35.5. The summed E-state index contributed by atoms with van der Waals surface area (Å²) in [5, 5.41) is 7.54. The molecule has 1 aliphatic heterocycles. The maximum atomic E-state index is 12.7. The zero-order valence-corrected chi connectivity index (χ0v) is 17.6. The summed E-state index contributed by atoms with van der Waals surface area (Å²) in [5.74, 6) is -1.69. The summed E-state index contributed by atoms with van der Waals surface area (Å²) in [4.78, 5) is 38.8. The van der Waals surface area contributed by atoms with Crippen LogP contribution in [0.2, 0.25) is 10.0 Å². The van der Waals surface area contributed by atoms with E-state index in [1.807, 2.05) is 32.0 Å². The molecule has 1 aliphatic rings. The van der Waals surface area contributed by atoms with Crippen molar-refractivity contribution in [3.8, 4) is 5.69 Å². The lowest BCUT2D eigenvalue weighted by Crippen LogP contribution is -2.37. The molecule has 0 spiro atoms. The normalized spacial score (nSPS) is 13.0. The lowest BCUT2D eigenvalue weighted by molar-refractivity contribution is -0.116. The second kappa shape index (κ2) is 7.59. The molecule has 0 saturated heterocycles. The fourth-order valence-electron chi connectivity index (χ4n) is 3.40. The first-order valence-electron chi connectivity index (χ1n) is 9.04. The molecule has 0 fully saturated rings. The molecule has 4 rings (SSSR count). The van der Waals surface area contributed by atoms with Gasteiger partial charge in [-0.2, -0.15) is 5.10 Å². The molecule has 30 heavy (non-hydrogen) atoms. The number of carbonyl (C=O) groups excluding carboxylic acids is 3. The number of fused-ring (bicyclic) bond motifs is 1. The Hall–Kier alpha value is -3.16. The van der Waals surface area contributed by atoms with Crippen LogP contribution in [0.1, 0.15) is 32.1 Å². The Morgan fingerprint density at radius 3 is 2.17 bits per heavy atom. The van der Waals surface area contributed by atoms with E-state index < -0.39 is 24.3 Å². The van der Waals surface area contributed by atoms with Crippen molar-refractivity contribution in [2.45, 2.75) is 13.8 Å². The Morgan fingerprint density at radius 2 is 1.60 bits per heavy atom. The smallest absolute Gasteiger partial charge is 0.262 e. The fraction of sp³-hybridized carbons (Fsp3) is 0.143. The summed E-state index contributed by atoms with van der Waals surface area (Å²) in [6.45, 7) is 3.35. The monoisotopic (exact) mass is 442 g/mol. The second-order valence-corrected chi connectivity index (χ2v) is 7.73. The topological polar surface area (TPSA) is 84.3 Å². The Balaban J connectivity index is 1.56. The van der Waals surface area contributed by atoms with Crippen LogP contribution in [0.15, 0.2) is 42.5 Å². The standard InChI is InChI=1S/C21H16Cl2N4O3/c1-11-7-12(2)27(25-11)18-6-4-3-5-17(18)24-19(28)10-26-20(29)13-8-15(22)16(23)9-14(13)21(26)30/h3-9H,10H2,1-2H3,(H,24,28). The molecule has 3 aromatic rings. The van der Waals surface area contributed by atoms with Gasteiger partial charge in [0.15, 0.2) is 0 Å². The summed E-state index contributed by atoms with van der Waals surface area (Å²) < 4.78 is 1.72. The molecular formula is C21H16Cl2N4O3. The van der Waals surface area contributed by atoms with Crippen LogP contribution in [0.5, 0.6) is 0 Å². The number of nitrogens with one attached hydrogen (secondary N) is 1. The highest BCUT2D eigenvalue weighted by Crippen LogP contribution is 2.31. The number of benzene rings is 2. The van der Waals surface area contributed by atoms with Crippen LogP contribution in [-0.4, -0.2) is 38.9 Å². The van der Waals surface area contributed by atoms with Crippen molar-refractivity contribution in [3.05, 3.63) is 75.0 Å². The Morgan fingerprint density at radius 1 is 1.00 bits per heavy atom. The molecule has 2 heterocycles. The summed E-state index contributed by atoms with van der Waals surface area (Å²) in [6.07, 6.45) is 0. The van der Waals surface area contributed by atoms with E-state index in [-0.39, 0.29) is 21.2 Å². The van der Waals surface area contributed by atoms with Crippen LogP contribution in [-0.2, 0) is 4.79 Å². The van der Waals surface area contributed by atoms with Crippen molar-refractivity contribution in [1.29, 1.82) is 0 Å². The number of para-hydroxylation sites is 2. The minimum Gasteiger partial charge on any atom is -0.323 e. The van der Waals surface area contributed by atoms with Gasteiger partial charge in [0, 0.05) is 5.69 Å². The van der Waals surface area contributed by atoms with Gasteiger partial charge in [0.05, 0.1) is 38.2 Å². The number of rotatable bonds is 4. The van der Waals surface area contributed by atoms with E-state index in [4.69, 9.17) is 23.2 Å². The fourth-order valence-corrected chi connectivity index (χ4v) is 3.72. The van der Waals surface area contributed by atoms with Gasteiger partial charge >= 0.3 is 0 Å². The van der Waals surface area contributed by atoms with E-state index >= 15 is 0 Å². The van der Waals surface area contributed by atoms with Gasteiger partial charge in [0.25, 0.3) is 11.8 Å². The Bertz CT molecular complexity index is 1180. The maximum Gasteiger partial charge on any atom is 0.262 e. The molecule has 0 radical (unpaired) electrons. The summed E-state index contributed by atoms with van der Waals surface area (Å²) in [7, 11) is 0. The molecule has 7 nitrogen and oxygen atoms in total. The van der Waals surface area contributed by atoms with Crippen LogP contribution in [0.3, 0.4) is 0 Å². The van der Waals surface area contributed by atoms with Crippen LogP contribution < -0.4 is 5.32 Å². The Labute approximate surface area is 182 Å². The van der Waals surface area contributed by atoms with Gasteiger partial charge in [-0.1, -0.05) is 35.3 Å². The first-order chi connectivity index (χ1) is 14.3. The summed E-state index contributed by atoms with van der Waals surface area (Å²) in [5.41, 5.74) is 3.20. The van der Waals surface area contributed by atoms with Crippen LogP contribution in [0.25, 0.3) is 5.69 Å². The molecule has 2 aromatic carbocycles. The van der Waals surface area contributed by atoms with Gasteiger partial charge in [0.2, 0.25) is 5.91 Å². The molecule has 1 N–H and O–H groups in total. The average Bonchev–Trinajstić information content (AvgIpc) is 3.14. The minimum absolute atomic E-state index is 0.130. The predicted octanol–water partition coefficient (Wildman–Crippen LogP) is 4.03. The van der Waals surface area contributed by atoms with Crippen LogP contribution in [0.4, 0.5) is 5.69 Å². The van der Waals surface area contributed by atoms with E-state index in [2.05, 4.69) is 10.4 Å².